The van der Waals surface area contributed by atoms with Gasteiger partial charge in [0.15, 0.2) is 11.0 Å². The van der Waals surface area contributed by atoms with E-state index in [9.17, 15) is 0 Å². The molecule has 0 N–H and O–H groups in total. The zero-order valence-corrected chi connectivity index (χ0v) is 16.7. The van der Waals surface area contributed by atoms with E-state index in [0.29, 0.717) is 22.5 Å². The first-order valence-corrected chi connectivity index (χ1v) is 10.2. The molecule has 4 rings (SSSR count). The van der Waals surface area contributed by atoms with Crippen LogP contribution in [0.1, 0.15) is 19.2 Å². The minimum atomic E-state index is 0.506. The van der Waals surface area contributed by atoms with Crippen molar-refractivity contribution in [3.05, 3.63) is 59.7 Å². The number of benzene rings is 1. The van der Waals surface area contributed by atoms with E-state index >= 15 is 0 Å². The van der Waals surface area contributed by atoms with Crippen molar-refractivity contribution >= 4 is 23.4 Å². The number of hydrogen-bond acceptors (Lipinski definition) is 7. The highest BCUT2D eigenvalue weighted by Gasteiger charge is 2.16. The normalized spacial score (nSPS) is 11.1. The van der Waals surface area contributed by atoms with Crippen molar-refractivity contribution in [1.82, 2.24) is 29.9 Å². The third-order valence-electron chi connectivity index (χ3n) is 3.98. The standard InChI is InChI=1S/C19H17ClN6OS/c1-2-10-26-18(13-6-8-21-9-7-13)23-24-19(26)28-12-16-22-17(25-27-16)14-4-3-5-15(20)11-14/h3-9,11H,2,10,12H2,1H3. The van der Waals surface area contributed by atoms with Gasteiger partial charge in [-0.2, -0.15) is 4.98 Å². The highest BCUT2D eigenvalue weighted by Crippen LogP contribution is 2.27. The van der Waals surface area contributed by atoms with Crippen LogP contribution >= 0.6 is 23.4 Å². The largest absolute Gasteiger partial charge is 0.338 e. The summed E-state index contributed by atoms with van der Waals surface area (Å²) in [5, 5.41) is 14.2. The van der Waals surface area contributed by atoms with E-state index < -0.39 is 0 Å². The molecule has 0 aliphatic heterocycles. The maximum atomic E-state index is 6.03. The summed E-state index contributed by atoms with van der Waals surface area (Å²) >= 11 is 7.55. The molecule has 3 aromatic heterocycles. The fourth-order valence-electron chi connectivity index (χ4n) is 2.72. The molecule has 0 amide bonds. The second-order valence-electron chi connectivity index (χ2n) is 6.00. The Balaban J connectivity index is 1.52. The van der Waals surface area contributed by atoms with Crippen molar-refractivity contribution in [2.24, 2.45) is 0 Å². The molecule has 0 unspecified atom stereocenters. The van der Waals surface area contributed by atoms with Gasteiger partial charge in [0.05, 0.1) is 5.75 Å². The maximum absolute atomic E-state index is 6.03. The molecule has 0 atom stereocenters. The predicted molar refractivity (Wildman–Crippen MR) is 108 cm³/mol. The quantitative estimate of drug-likeness (QED) is 0.405. The molecule has 7 nitrogen and oxygen atoms in total. The molecule has 0 aliphatic carbocycles. The highest BCUT2D eigenvalue weighted by atomic mass is 35.5. The minimum Gasteiger partial charge on any atom is -0.338 e. The Labute approximate surface area is 171 Å². The zero-order valence-electron chi connectivity index (χ0n) is 15.1. The highest BCUT2D eigenvalue weighted by molar-refractivity contribution is 7.98. The Morgan fingerprint density at radius 1 is 1.11 bits per heavy atom. The van der Waals surface area contributed by atoms with Gasteiger partial charge in [-0.3, -0.25) is 4.98 Å². The minimum absolute atomic E-state index is 0.506. The SMILES string of the molecule is CCCn1c(SCc2nc(-c3cccc(Cl)c3)no2)nnc1-c1ccncc1. The lowest BCUT2D eigenvalue weighted by molar-refractivity contribution is 0.391. The van der Waals surface area contributed by atoms with E-state index in [0.717, 1.165) is 35.1 Å². The van der Waals surface area contributed by atoms with Gasteiger partial charge in [-0.05, 0) is 30.7 Å². The van der Waals surface area contributed by atoms with E-state index in [2.05, 4.69) is 36.8 Å². The molecule has 28 heavy (non-hydrogen) atoms. The lowest BCUT2D eigenvalue weighted by atomic mass is 10.2. The molecule has 1 aromatic carbocycles. The molecular formula is C19H17ClN6OS. The van der Waals surface area contributed by atoms with Crippen LogP contribution in [0.15, 0.2) is 58.5 Å². The summed E-state index contributed by atoms with van der Waals surface area (Å²) in [6.45, 7) is 2.95. The number of halogens is 1. The number of nitrogens with zero attached hydrogens (tertiary/aromatic N) is 6. The van der Waals surface area contributed by atoms with Gasteiger partial charge in [-0.25, -0.2) is 0 Å². The third-order valence-corrected chi connectivity index (χ3v) is 5.16. The van der Waals surface area contributed by atoms with Gasteiger partial charge in [0, 0.05) is 35.1 Å². The van der Waals surface area contributed by atoms with E-state index in [1.807, 2.05) is 36.4 Å². The molecule has 0 bridgehead atoms. The first kappa shape index (κ1) is 18.6. The van der Waals surface area contributed by atoms with Crippen molar-refractivity contribution in [1.29, 1.82) is 0 Å². The van der Waals surface area contributed by atoms with Gasteiger partial charge < -0.3 is 9.09 Å². The number of pyridine rings is 1. The first-order valence-electron chi connectivity index (χ1n) is 8.79. The molecule has 0 saturated carbocycles. The fraction of sp³-hybridized carbons (Fsp3) is 0.211. The van der Waals surface area contributed by atoms with Crippen molar-refractivity contribution in [2.45, 2.75) is 30.8 Å². The predicted octanol–water partition coefficient (Wildman–Crippen LogP) is 4.75. The average molecular weight is 413 g/mol. The molecule has 0 radical (unpaired) electrons. The van der Waals surface area contributed by atoms with Gasteiger partial charge in [-0.1, -0.05) is 47.6 Å². The third kappa shape index (κ3) is 4.07. The fourth-order valence-corrected chi connectivity index (χ4v) is 3.71. The Morgan fingerprint density at radius 3 is 2.75 bits per heavy atom. The molecular weight excluding hydrogens is 396 g/mol. The van der Waals surface area contributed by atoms with Gasteiger partial charge in [0.2, 0.25) is 11.7 Å². The van der Waals surface area contributed by atoms with Crippen molar-refractivity contribution in [3.8, 4) is 22.8 Å². The van der Waals surface area contributed by atoms with E-state index in [1.54, 1.807) is 12.4 Å². The molecule has 0 saturated heterocycles. The Hall–Kier alpha value is -2.71. The second kappa shape index (κ2) is 8.53. The van der Waals surface area contributed by atoms with Crippen molar-refractivity contribution < 1.29 is 4.52 Å². The molecule has 0 spiro atoms. The van der Waals surface area contributed by atoms with Crippen LogP contribution in [0.5, 0.6) is 0 Å². The number of aromatic nitrogens is 6. The molecule has 3 heterocycles. The monoisotopic (exact) mass is 412 g/mol. The topological polar surface area (TPSA) is 82.5 Å². The zero-order chi connectivity index (χ0) is 19.3. The van der Waals surface area contributed by atoms with Crippen LogP contribution in [-0.2, 0) is 12.3 Å². The first-order chi connectivity index (χ1) is 13.7. The van der Waals surface area contributed by atoms with Crippen LogP contribution in [-0.4, -0.2) is 29.9 Å². The van der Waals surface area contributed by atoms with E-state index in [4.69, 9.17) is 16.1 Å². The Bertz CT molecular complexity index is 1070. The lowest BCUT2D eigenvalue weighted by Crippen LogP contribution is -2.02. The Morgan fingerprint density at radius 2 is 1.96 bits per heavy atom. The van der Waals surface area contributed by atoms with Crippen molar-refractivity contribution in [3.63, 3.8) is 0 Å². The second-order valence-corrected chi connectivity index (χ2v) is 7.38. The summed E-state index contributed by atoms with van der Waals surface area (Å²) in [5.41, 5.74) is 1.81. The van der Waals surface area contributed by atoms with Crippen LogP contribution in [0.4, 0.5) is 0 Å². The Kier molecular flexibility index (Phi) is 5.68. The summed E-state index contributed by atoms with van der Waals surface area (Å²) in [6.07, 6.45) is 4.48. The molecule has 142 valence electrons. The van der Waals surface area contributed by atoms with Crippen LogP contribution in [0.25, 0.3) is 22.8 Å². The maximum Gasteiger partial charge on any atom is 0.237 e. The smallest absolute Gasteiger partial charge is 0.237 e. The van der Waals surface area contributed by atoms with Gasteiger partial charge >= 0.3 is 0 Å². The summed E-state index contributed by atoms with van der Waals surface area (Å²) in [5.74, 6) is 2.38. The van der Waals surface area contributed by atoms with Crippen LogP contribution in [0, 0.1) is 0 Å². The van der Waals surface area contributed by atoms with Gasteiger partial charge in [0.1, 0.15) is 0 Å². The molecule has 4 aromatic rings. The summed E-state index contributed by atoms with van der Waals surface area (Å²) in [6, 6.07) is 11.2. The molecule has 9 heteroatoms. The molecule has 0 aliphatic rings. The van der Waals surface area contributed by atoms with Gasteiger partial charge in [0.25, 0.3) is 0 Å². The number of thioether (sulfide) groups is 1. The number of rotatable bonds is 7. The van der Waals surface area contributed by atoms with Crippen LogP contribution < -0.4 is 0 Å². The summed E-state index contributed by atoms with van der Waals surface area (Å²) < 4.78 is 7.49. The van der Waals surface area contributed by atoms with Crippen LogP contribution in [0.2, 0.25) is 5.02 Å². The van der Waals surface area contributed by atoms with Crippen molar-refractivity contribution in [2.75, 3.05) is 0 Å². The lowest BCUT2D eigenvalue weighted by Gasteiger charge is -2.07. The van der Waals surface area contributed by atoms with E-state index in [-0.39, 0.29) is 0 Å². The van der Waals surface area contributed by atoms with Gasteiger partial charge in [-0.15, -0.1) is 10.2 Å². The van der Waals surface area contributed by atoms with E-state index in [1.165, 1.54) is 11.8 Å². The van der Waals surface area contributed by atoms with Crippen LogP contribution in [0.3, 0.4) is 0 Å². The molecule has 0 fully saturated rings. The summed E-state index contributed by atoms with van der Waals surface area (Å²) in [7, 11) is 0. The summed E-state index contributed by atoms with van der Waals surface area (Å²) in [4.78, 5) is 8.52. The average Bonchev–Trinajstić information content (AvgIpc) is 3.35. The number of hydrogen-bond donors (Lipinski definition) is 0.